The number of thiophene rings is 1. The fourth-order valence-corrected chi connectivity index (χ4v) is 5.16. The number of urea groups is 1. The second-order valence-electron chi connectivity index (χ2n) is 9.60. The van der Waals surface area contributed by atoms with E-state index >= 15 is 0 Å². The Balaban J connectivity index is 1.60. The number of nitrogens with zero attached hydrogens (tertiary/aromatic N) is 1. The third kappa shape index (κ3) is 5.47. The highest BCUT2D eigenvalue weighted by molar-refractivity contribution is 7.16. The van der Waals surface area contributed by atoms with Crippen molar-refractivity contribution in [1.82, 2.24) is 10.2 Å². The van der Waals surface area contributed by atoms with Crippen LogP contribution in [0.2, 0.25) is 0 Å². The lowest BCUT2D eigenvalue weighted by atomic mass is 9.94. The Morgan fingerprint density at radius 3 is 2.54 bits per heavy atom. The van der Waals surface area contributed by atoms with Gasteiger partial charge in [-0.2, -0.15) is 0 Å². The third-order valence-corrected chi connectivity index (χ3v) is 7.49. The number of fused-ring (bicyclic) bond motifs is 1. The van der Waals surface area contributed by atoms with Crippen molar-refractivity contribution in [1.29, 1.82) is 0 Å². The van der Waals surface area contributed by atoms with E-state index in [-0.39, 0.29) is 23.7 Å². The molecule has 2 heterocycles. The molecule has 2 aromatic carbocycles. The quantitative estimate of drug-likeness (QED) is 0.434. The Morgan fingerprint density at radius 1 is 1.09 bits per heavy atom. The highest BCUT2D eigenvalue weighted by atomic mass is 32.1. The highest BCUT2D eigenvalue weighted by Crippen LogP contribution is 2.37. The van der Waals surface area contributed by atoms with E-state index in [4.69, 9.17) is 5.73 Å². The number of carbonyl (C=O) groups excluding carboxylic acids is 3. The first-order valence-corrected chi connectivity index (χ1v) is 12.5. The van der Waals surface area contributed by atoms with Crippen molar-refractivity contribution in [3.63, 3.8) is 0 Å². The Morgan fingerprint density at radius 2 is 1.83 bits per heavy atom. The molecule has 184 valence electrons. The molecule has 0 bridgehead atoms. The van der Waals surface area contributed by atoms with Crippen LogP contribution in [0.15, 0.2) is 42.5 Å². The summed E-state index contributed by atoms with van der Waals surface area (Å²) < 4.78 is 0. The van der Waals surface area contributed by atoms with E-state index in [1.165, 1.54) is 11.3 Å². The standard InChI is InChI=1S/C26H31N5O3S/c1-26(2,3)21-14-19(24(33)31-12-10-22(32)28-11-13-31)23(35-21)30-25(34)29-20-9-8-16(15-27)17-6-4-5-7-18(17)20/h4-9,14H,10-13,15,27H2,1-3H3,(H,28,32)(H2,29,30,34). The number of hydrogen-bond acceptors (Lipinski definition) is 5. The lowest BCUT2D eigenvalue weighted by Gasteiger charge is -2.20. The number of anilines is 2. The van der Waals surface area contributed by atoms with E-state index in [2.05, 4.69) is 36.7 Å². The molecule has 4 amide bonds. The van der Waals surface area contributed by atoms with Crippen molar-refractivity contribution in [3.05, 3.63) is 58.5 Å². The summed E-state index contributed by atoms with van der Waals surface area (Å²) in [4.78, 5) is 40.9. The summed E-state index contributed by atoms with van der Waals surface area (Å²) in [7, 11) is 0. The van der Waals surface area contributed by atoms with Gasteiger partial charge in [-0.1, -0.05) is 51.1 Å². The topological polar surface area (TPSA) is 117 Å². The molecule has 4 rings (SSSR count). The zero-order chi connectivity index (χ0) is 25.2. The first kappa shape index (κ1) is 24.7. The van der Waals surface area contributed by atoms with Crippen molar-refractivity contribution >= 4 is 50.6 Å². The molecular formula is C26H31N5O3S. The van der Waals surface area contributed by atoms with Crippen LogP contribution in [-0.2, 0) is 16.8 Å². The van der Waals surface area contributed by atoms with E-state index in [1.807, 2.05) is 42.5 Å². The van der Waals surface area contributed by atoms with Crippen LogP contribution in [0.1, 0.15) is 48.0 Å². The largest absolute Gasteiger partial charge is 0.354 e. The van der Waals surface area contributed by atoms with Crippen molar-refractivity contribution in [2.24, 2.45) is 5.73 Å². The van der Waals surface area contributed by atoms with Gasteiger partial charge in [0.15, 0.2) is 0 Å². The van der Waals surface area contributed by atoms with Crippen molar-refractivity contribution in [2.75, 3.05) is 30.3 Å². The number of amides is 4. The predicted molar refractivity (Wildman–Crippen MR) is 141 cm³/mol. The van der Waals surface area contributed by atoms with Crippen LogP contribution in [0.25, 0.3) is 10.8 Å². The van der Waals surface area contributed by atoms with Gasteiger partial charge >= 0.3 is 6.03 Å². The second kappa shape index (κ2) is 10.1. The maximum Gasteiger partial charge on any atom is 0.324 e. The minimum absolute atomic E-state index is 0.0633. The molecule has 1 fully saturated rings. The second-order valence-corrected chi connectivity index (χ2v) is 10.6. The van der Waals surface area contributed by atoms with Gasteiger partial charge in [0.2, 0.25) is 5.91 Å². The van der Waals surface area contributed by atoms with Gasteiger partial charge in [-0.3, -0.25) is 14.9 Å². The average molecular weight is 494 g/mol. The van der Waals surface area contributed by atoms with Gasteiger partial charge in [0.1, 0.15) is 5.00 Å². The van der Waals surface area contributed by atoms with E-state index in [9.17, 15) is 14.4 Å². The predicted octanol–water partition coefficient (Wildman–Crippen LogP) is 4.26. The number of benzene rings is 2. The Kier molecular flexibility index (Phi) is 7.09. The summed E-state index contributed by atoms with van der Waals surface area (Å²) in [6.07, 6.45) is 0.261. The minimum Gasteiger partial charge on any atom is -0.354 e. The summed E-state index contributed by atoms with van der Waals surface area (Å²) in [5.74, 6) is -0.257. The van der Waals surface area contributed by atoms with Crippen molar-refractivity contribution in [3.8, 4) is 0 Å². The van der Waals surface area contributed by atoms with E-state index in [0.717, 1.165) is 21.2 Å². The molecule has 0 spiro atoms. The molecule has 0 radical (unpaired) electrons. The van der Waals surface area contributed by atoms with E-state index in [1.54, 1.807) is 4.90 Å². The highest BCUT2D eigenvalue weighted by Gasteiger charge is 2.28. The maximum absolute atomic E-state index is 13.4. The molecule has 0 atom stereocenters. The lowest BCUT2D eigenvalue weighted by molar-refractivity contribution is -0.120. The van der Waals surface area contributed by atoms with Crippen LogP contribution in [0.5, 0.6) is 0 Å². The number of hydrogen-bond donors (Lipinski definition) is 4. The number of rotatable bonds is 4. The smallest absolute Gasteiger partial charge is 0.324 e. The molecule has 35 heavy (non-hydrogen) atoms. The van der Waals surface area contributed by atoms with Crippen LogP contribution in [0.4, 0.5) is 15.5 Å². The molecule has 1 saturated heterocycles. The first-order chi connectivity index (χ1) is 16.7. The summed E-state index contributed by atoms with van der Waals surface area (Å²) >= 11 is 1.39. The molecule has 1 aliphatic heterocycles. The Hall–Kier alpha value is -3.43. The zero-order valence-electron chi connectivity index (χ0n) is 20.2. The summed E-state index contributed by atoms with van der Waals surface area (Å²) in [6, 6.07) is 12.9. The van der Waals surface area contributed by atoms with Crippen molar-refractivity contribution < 1.29 is 14.4 Å². The molecule has 3 aromatic rings. The van der Waals surface area contributed by atoms with Gasteiger partial charge in [0.25, 0.3) is 5.91 Å². The van der Waals surface area contributed by atoms with Crippen molar-refractivity contribution in [2.45, 2.75) is 39.2 Å². The van der Waals surface area contributed by atoms with Gasteiger partial charge in [0.05, 0.1) is 11.3 Å². The first-order valence-electron chi connectivity index (χ1n) is 11.7. The fraction of sp³-hybridized carbons (Fsp3) is 0.346. The molecule has 9 heteroatoms. The van der Waals surface area contributed by atoms with Crippen LogP contribution in [-0.4, -0.2) is 42.4 Å². The van der Waals surface area contributed by atoms with Gasteiger partial charge in [-0.15, -0.1) is 11.3 Å². The summed E-state index contributed by atoms with van der Waals surface area (Å²) in [5.41, 5.74) is 7.78. The van der Waals surface area contributed by atoms with Gasteiger partial charge in [-0.05, 0) is 28.5 Å². The van der Waals surface area contributed by atoms with Gasteiger partial charge in [-0.25, -0.2) is 4.79 Å². The minimum atomic E-state index is -0.431. The van der Waals surface area contributed by atoms with Gasteiger partial charge < -0.3 is 21.3 Å². The van der Waals surface area contributed by atoms with E-state index in [0.29, 0.717) is 42.4 Å². The third-order valence-electron chi connectivity index (χ3n) is 6.01. The Labute approximate surface area is 208 Å². The molecule has 1 aromatic heterocycles. The maximum atomic E-state index is 13.4. The Bertz CT molecular complexity index is 1280. The van der Waals surface area contributed by atoms with Gasteiger partial charge in [0, 0.05) is 42.9 Å². The molecule has 5 N–H and O–H groups in total. The lowest BCUT2D eigenvalue weighted by Crippen LogP contribution is -2.34. The summed E-state index contributed by atoms with van der Waals surface area (Å²) in [6.45, 7) is 7.79. The zero-order valence-corrected chi connectivity index (χ0v) is 21.1. The fourth-order valence-electron chi connectivity index (χ4n) is 4.06. The molecule has 1 aliphatic rings. The van der Waals surface area contributed by atoms with Crippen LogP contribution in [0, 0.1) is 0 Å². The normalized spacial score (nSPS) is 14.4. The number of carbonyl (C=O) groups is 3. The summed E-state index contributed by atoms with van der Waals surface area (Å²) in [5, 5.41) is 11.0. The molecule has 8 nitrogen and oxygen atoms in total. The molecule has 0 saturated carbocycles. The average Bonchev–Trinajstić information content (AvgIpc) is 3.13. The SMILES string of the molecule is CC(C)(C)c1cc(C(=O)N2CCNC(=O)CC2)c(NC(=O)Nc2ccc(CN)c3ccccc23)s1. The number of nitrogens with two attached hydrogens (primary N) is 1. The van der Waals surface area contributed by atoms with Crippen LogP contribution >= 0.6 is 11.3 Å². The monoisotopic (exact) mass is 493 g/mol. The molecule has 0 unspecified atom stereocenters. The molecular weight excluding hydrogens is 462 g/mol. The van der Waals surface area contributed by atoms with E-state index < -0.39 is 6.03 Å². The van der Waals surface area contributed by atoms with Crippen LogP contribution < -0.4 is 21.7 Å². The number of nitrogens with one attached hydrogen (secondary N) is 3. The molecule has 0 aliphatic carbocycles. The van der Waals surface area contributed by atoms with Crippen LogP contribution in [0.3, 0.4) is 0 Å².